The minimum Gasteiger partial charge on any atom is -0.487 e. The van der Waals surface area contributed by atoms with Gasteiger partial charge in [-0.2, -0.15) is 5.26 Å². The van der Waals surface area contributed by atoms with Gasteiger partial charge in [-0.05, 0) is 24.6 Å². The first-order valence-electron chi connectivity index (χ1n) is 4.51. The maximum atomic E-state index is 8.48. The lowest BCUT2D eigenvalue weighted by molar-refractivity contribution is 0.270. The maximum Gasteiger partial charge on any atom is 0.120 e. The van der Waals surface area contributed by atoms with Crippen molar-refractivity contribution >= 4 is 0 Å². The molecule has 1 aromatic carbocycles. The van der Waals surface area contributed by atoms with E-state index in [4.69, 9.17) is 10.00 Å². The summed E-state index contributed by atoms with van der Waals surface area (Å²) in [6, 6.07) is 9.63. The van der Waals surface area contributed by atoms with Gasteiger partial charge in [-0.3, -0.25) is 0 Å². The third kappa shape index (κ3) is 2.95. The fourth-order valence-electron chi connectivity index (χ4n) is 1.04. The Bertz CT molecular complexity index is 334. The summed E-state index contributed by atoms with van der Waals surface area (Å²) in [5.74, 6) is 0.805. The van der Waals surface area contributed by atoms with Gasteiger partial charge in [0.05, 0.1) is 12.5 Å². The predicted octanol–water partition coefficient (Wildman–Crippen LogP) is 2.71. The zero-order chi connectivity index (χ0) is 10.4. The Morgan fingerprint density at radius 2 is 2.14 bits per heavy atom. The van der Waals surface area contributed by atoms with E-state index in [-0.39, 0.29) is 6.10 Å². The molecule has 0 N–H and O–H groups in total. The minimum absolute atomic E-state index is 0.0109. The van der Waals surface area contributed by atoms with Crippen LogP contribution in [0.1, 0.15) is 12.5 Å². The van der Waals surface area contributed by atoms with Crippen LogP contribution in [0.15, 0.2) is 36.9 Å². The second kappa shape index (κ2) is 5.08. The standard InChI is InChI=1S/C12H13NO/c1-3-10(2)14-12-6-4-11(5-7-12)8-9-13/h3-7,10H,1,8H2,2H3. The van der Waals surface area contributed by atoms with E-state index < -0.39 is 0 Å². The SMILES string of the molecule is C=CC(C)Oc1ccc(CC#N)cc1. The number of hydrogen-bond donors (Lipinski definition) is 0. The molecule has 0 saturated heterocycles. The molecule has 14 heavy (non-hydrogen) atoms. The molecule has 0 aliphatic carbocycles. The summed E-state index contributed by atoms with van der Waals surface area (Å²) in [6.45, 7) is 5.56. The summed E-state index contributed by atoms with van der Waals surface area (Å²) < 4.78 is 5.50. The molecular formula is C12H13NO. The number of nitrogens with zero attached hydrogens (tertiary/aromatic N) is 1. The molecule has 1 rings (SSSR count). The van der Waals surface area contributed by atoms with Gasteiger partial charge in [0.1, 0.15) is 11.9 Å². The molecule has 0 radical (unpaired) electrons. The lowest BCUT2D eigenvalue weighted by Gasteiger charge is -2.10. The molecule has 0 saturated carbocycles. The molecule has 72 valence electrons. The molecule has 0 amide bonds. The van der Waals surface area contributed by atoms with Gasteiger partial charge in [0.25, 0.3) is 0 Å². The molecule has 0 fully saturated rings. The monoisotopic (exact) mass is 187 g/mol. The molecule has 0 spiro atoms. The smallest absolute Gasteiger partial charge is 0.120 e. The van der Waals surface area contributed by atoms with Gasteiger partial charge in [-0.1, -0.05) is 24.8 Å². The molecule has 0 aliphatic rings. The average Bonchev–Trinajstić information content (AvgIpc) is 2.21. The van der Waals surface area contributed by atoms with E-state index in [1.54, 1.807) is 6.08 Å². The lowest BCUT2D eigenvalue weighted by atomic mass is 10.2. The summed E-state index contributed by atoms with van der Waals surface area (Å²) in [4.78, 5) is 0. The fourth-order valence-corrected chi connectivity index (χ4v) is 1.04. The van der Waals surface area contributed by atoms with Crippen LogP contribution >= 0.6 is 0 Å². The fraction of sp³-hybridized carbons (Fsp3) is 0.250. The summed E-state index contributed by atoms with van der Waals surface area (Å²) in [5, 5.41) is 8.48. The van der Waals surface area contributed by atoms with Gasteiger partial charge in [0.2, 0.25) is 0 Å². The highest BCUT2D eigenvalue weighted by Crippen LogP contribution is 2.14. The van der Waals surface area contributed by atoms with Crippen molar-refractivity contribution in [3.8, 4) is 11.8 Å². The van der Waals surface area contributed by atoms with Crippen molar-refractivity contribution in [1.82, 2.24) is 0 Å². The first-order valence-corrected chi connectivity index (χ1v) is 4.51. The highest BCUT2D eigenvalue weighted by molar-refractivity contribution is 5.29. The average molecular weight is 187 g/mol. The predicted molar refractivity (Wildman–Crippen MR) is 56.0 cm³/mol. The molecule has 0 heterocycles. The summed E-state index contributed by atoms with van der Waals surface area (Å²) >= 11 is 0. The zero-order valence-electron chi connectivity index (χ0n) is 8.23. The van der Waals surface area contributed by atoms with Crippen LogP contribution in [0, 0.1) is 11.3 Å². The number of hydrogen-bond acceptors (Lipinski definition) is 2. The van der Waals surface area contributed by atoms with Crippen LogP contribution in [-0.4, -0.2) is 6.10 Å². The van der Waals surface area contributed by atoms with Crippen LogP contribution in [0.3, 0.4) is 0 Å². The van der Waals surface area contributed by atoms with E-state index in [0.717, 1.165) is 11.3 Å². The Morgan fingerprint density at radius 3 is 2.64 bits per heavy atom. The Hall–Kier alpha value is -1.75. The van der Waals surface area contributed by atoms with Crippen LogP contribution in [0.2, 0.25) is 0 Å². The Morgan fingerprint density at radius 1 is 1.50 bits per heavy atom. The van der Waals surface area contributed by atoms with E-state index >= 15 is 0 Å². The Balaban J connectivity index is 2.64. The van der Waals surface area contributed by atoms with E-state index in [2.05, 4.69) is 12.6 Å². The Labute approximate surface area is 84.4 Å². The van der Waals surface area contributed by atoms with Crippen molar-refractivity contribution in [2.75, 3.05) is 0 Å². The molecule has 0 aromatic heterocycles. The second-order valence-electron chi connectivity index (χ2n) is 3.04. The highest BCUT2D eigenvalue weighted by atomic mass is 16.5. The van der Waals surface area contributed by atoms with Crippen molar-refractivity contribution < 1.29 is 4.74 Å². The van der Waals surface area contributed by atoms with Gasteiger partial charge < -0.3 is 4.74 Å². The molecule has 1 aromatic rings. The first-order chi connectivity index (χ1) is 6.76. The molecular weight excluding hydrogens is 174 g/mol. The number of benzene rings is 1. The highest BCUT2D eigenvalue weighted by Gasteiger charge is 1.98. The quantitative estimate of drug-likeness (QED) is 0.679. The lowest BCUT2D eigenvalue weighted by Crippen LogP contribution is -2.06. The molecule has 2 nitrogen and oxygen atoms in total. The summed E-state index contributed by atoms with van der Waals surface area (Å²) in [5.41, 5.74) is 1.01. The van der Waals surface area contributed by atoms with Crippen molar-refractivity contribution in [3.05, 3.63) is 42.5 Å². The van der Waals surface area contributed by atoms with Gasteiger partial charge in [0, 0.05) is 0 Å². The van der Waals surface area contributed by atoms with Crippen molar-refractivity contribution in [2.24, 2.45) is 0 Å². The minimum atomic E-state index is 0.0109. The summed E-state index contributed by atoms with van der Waals surface area (Å²) in [7, 11) is 0. The van der Waals surface area contributed by atoms with Crippen LogP contribution in [0.4, 0.5) is 0 Å². The normalized spacial score (nSPS) is 11.4. The third-order valence-corrected chi connectivity index (χ3v) is 1.86. The van der Waals surface area contributed by atoms with Crippen molar-refractivity contribution in [2.45, 2.75) is 19.4 Å². The van der Waals surface area contributed by atoms with Crippen molar-refractivity contribution in [1.29, 1.82) is 5.26 Å². The zero-order valence-corrected chi connectivity index (χ0v) is 8.23. The number of nitriles is 1. The van der Waals surface area contributed by atoms with Gasteiger partial charge >= 0.3 is 0 Å². The Kier molecular flexibility index (Phi) is 3.75. The first kappa shape index (κ1) is 10.3. The third-order valence-electron chi connectivity index (χ3n) is 1.86. The topological polar surface area (TPSA) is 33.0 Å². The van der Waals surface area contributed by atoms with Crippen LogP contribution < -0.4 is 4.74 Å². The van der Waals surface area contributed by atoms with Crippen LogP contribution in [0.25, 0.3) is 0 Å². The van der Waals surface area contributed by atoms with Crippen LogP contribution in [0.5, 0.6) is 5.75 Å². The molecule has 2 heteroatoms. The number of ether oxygens (including phenoxy) is 1. The number of rotatable bonds is 4. The largest absolute Gasteiger partial charge is 0.487 e. The second-order valence-corrected chi connectivity index (χ2v) is 3.04. The maximum absolute atomic E-state index is 8.48. The van der Waals surface area contributed by atoms with Gasteiger partial charge in [-0.25, -0.2) is 0 Å². The summed E-state index contributed by atoms with van der Waals surface area (Å²) in [6.07, 6.45) is 2.19. The van der Waals surface area contributed by atoms with E-state index in [1.807, 2.05) is 31.2 Å². The van der Waals surface area contributed by atoms with E-state index in [9.17, 15) is 0 Å². The van der Waals surface area contributed by atoms with Crippen LogP contribution in [-0.2, 0) is 6.42 Å². The van der Waals surface area contributed by atoms with Gasteiger partial charge in [0.15, 0.2) is 0 Å². The molecule has 1 unspecified atom stereocenters. The van der Waals surface area contributed by atoms with Crippen molar-refractivity contribution in [3.63, 3.8) is 0 Å². The molecule has 1 atom stereocenters. The molecule has 0 bridgehead atoms. The van der Waals surface area contributed by atoms with E-state index in [0.29, 0.717) is 6.42 Å². The van der Waals surface area contributed by atoms with Gasteiger partial charge in [-0.15, -0.1) is 0 Å². The van der Waals surface area contributed by atoms with E-state index in [1.165, 1.54) is 0 Å². The molecule has 0 aliphatic heterocycles.